The smallest absolute Gasteiger partial charge is 0.259 e. The highest BCUT2D eigenvalue weighted by Gasteiger charge is 2.58. The van der Waals surface area contributed by atoms with Crippen molar-refractivity contribution in [3.05, 3.63) is 54.8 Å². The van der Waals surface area contributed by atoms with Crippen molar-refractivity contribution >= 4 is 28.2 Å². The lowest BCUT2D eigenvalue weighted by Crippen LogP contribution is -2.54. The Kier molecular flexibility index (Phi) is 5.23. The van der Waals surface area contributed by atoms with Gasteiger partial charge in [0.15, 0.2) is 11.4 Å². The first kappa shape index (κ1) is 22.6. The van der Waals surface area contributed by atoms with E-state index in [0.29, 0.717) is 23.3 Å². The van der Waals surface area contributed by atoms with Gasteiger partial charge in [0, 0.05) is 23.3 Å². The van der Waals surface area contributed by atoms with E-state index in [9.17, 15) is 10.1 Å². The molecule has 4 heterocycles. The van der Waals surface area contributed by atoms with Crippen molar-refractivity contribution in [1.82, 2.24) is 19.7 Å². The molecule has 36 heavy (non-hydrogen) atoms. The van der Waals surface area contributed by atoms with Gasteiger partial charge in [-0.2, -0.15) is 10.4 Å². The second kappa shape index (κ2) is 8.35. The highest BCUT2D eigenvalue weighted by Crippen LogP contribution is 2.50. The van der Waals surface area contributed by atoms with Crippen LogP contribution in [-0.4, -0.2) is 58.4 Å². The molecule has 2 aliphatic heterocycles. The van der Waals surface area contributed by atoms with Gasteiger partial charge in [-0.05, 0) is 70.4 Å². The molecule has 0 N–H and O–H groups in total. The molecular weight excluding hydrogens is 454 g/mol. The molecule has 0 unspecified atom stereocenters. The predicted octanol–water partition coefficient (Wildman–Crippen LogP) is 3.83. The zero-order valence-electron chi connectivity index (χ0n) is 20.6. The molecule has 1 aliphatic carbocycles. The molecule has 1 spiro atoms. The fraction of sp³-hybridized carbons (Fsp3) is 0.407. The van der Waals surface area contributed by atoms with Gasteiger partial charge in [0.1, 0.15) is 17.4 Å². The van der Waals surface area contributed by atoms with Crippen LogP contribution in [0.25, 0.3) is 10.9 Å². The number of piperidine rings is 1. The minimum absolute atomic E-state index is 0.0190. The number of hydrogen-bond acceptors (Lipinski definition) is 7. The molecular formula is C27H29N7O2. The number of nitrogens with zero attached hydrogens (tertiary/aromatic N) is 7. The monoisotopic (exact) mass is 483 g/mol. The van der Waals surface area contributed by atoms with Gasteiger partial charge < -0.3 is 14.5 Å². The van der Waals surface area contributed by atoms with Crippen LogP contribution in [-0.2, 0) is 4.79 Å². The Morgan fingerprint density at radius 3 is 2.64 bits per heavy atom. The number of nitriles is 1. The molecule has 1 aromatic carbocycles. The number of rotatable bonds is 4. The number of methoxy groups -OCH3 is 1. The normalized spacial score (nSPS) is 20.2. The second-order valence-corrected chi connectivity index (χ2v) is 10.0. The summed E-state index contributed by atoms with van der Waals surface area (Å²) in [7, 11) is 3.65. The molecule has 0 bridgehead atoms. The van der Waals surface area contributed by atoms with Gasteiger partial charge in [-0.25, -0.2) is 4.98 Å². The van der Waals surface area contributed by atoms with Crippen molar-refractivity contribution in [3.8, 4) is 11.8 Å². The van der Waals surface area contributed by atoms with E-state index >= 15 is 0 Å². The van der Waals surface area contributed by atoms with Crippen LogP contribution < -0.4 is 14.5 Å². The number of ether oxygens (including phenoxy) is 1. The number of aromatic nitrogens is 3. The summed E-state index contributed by atoms with van der Waals surface area (Å²) < 4.78 is 7.46. The van der Waals surface area contributed by atoms with Gasteiger partial charge in [-0.1, -0.05) is 6.58 Å². The summed E-state index contributed by atoms with van der Waals surface area (Å²) in [6.45, 7) is 6.49. The van der Waals surface area contributed by atoms with Crippen molar-refractivity contribution in [2.75, 3.05) is 37.0 Å². The molecule has 2 saturated heterocycles. The molecule has 0 radical (unpaired) electrons. The van der Waals surface area contributed by atoms with Crippen LogP contribution in [0.2, 0.25) is 0 Å². The van der Waals surface area contributed by atoms with Crippen molar-refractivity contribution in [2.24, 2.45) is 0 Å². The van der Waals surface area contributed by atoms with Crippen molar-refractivity contribution in [2.45, 2.75) is 43.7 Å². The van der Waals surface area contributed by atoms with E-state index in [-0.39, 0.29) is 11.6 Å². The molecule has 6 rings (SSSR count). The first-order valence-corrected chi connectivity index (χ1v) is 12.4. The van der Waals surface area contributed by atoms with Crippen LogP contribution in [0.4, 0.5) is 11.4 Å². The summed E-state index contributed by atoms with van der Waals surface area (Å²) >= 11 is 0. The summed E-state index contributed by atoms with van der Waals surface area (Å²) in [5, 5.41) is 15.2. The van der Waals surface area contributed by atoms with Gasteiger partial charge >= 0.3 is 0 Å². The third-order valence-corrected chi connectivity index (χ3v) is 7.97. The third kappa shape index (κ3) is 3.28. The van der Waals surface area contributed by atoms with Crippen LogP contribution in [0.3, 0.4) is 0 Å². The highest BCUT2D eigenvalue weighted by molar-refractivity contribution is 6.11. The van der Waals surface area contributed by atoms with Crippen molar-refractivity contribution < 1.29 is 9.53 Å². The molecule has 184 valence electrons. The van der Waals surface area contributed by atoms with Crippen molar-refractivity contribution in [1.29, 1.82) is 5.26 Å². The first-order valence-electron chi connectivity index (χ1n) is 12.4. The average Bonchev–Trinajstić information content (AvgIpc) is 3.39. The Morgan fingerprint density at radius 1 is 1.19 bits per heavy atom. The Labute approximate surface area is 210 Å². The number of carbonyl (C=O) groups excluding carboxylic acids is 1. The molecule has 3 aromatic rings. The maximum Gasteiger partial charge on any atom is 0.259 e. The van der Waals surface area contributed by atoms with E-state index in [1.807, 2.05) is 18.2 Å². The number of amides is 1. The van der Waals surface area contributed by atoms with Gasteiger partial charge in [0.2, 0.25) is 0 Å². The zero-order chi connectivity index (χ0) is 25.0. The number of benzene rings is 1. The summed E-state index contributed by atoms with van der Waals surface area (Å²) in [5.74, 6) is 0.893. The minimum atomic E-state index is -0.657. The lowest BCUT2D eigenvalue weighted by Gasteiger charge is -2.43. The summed E-state index contributed by atoms with van der Waals surface area (Å²) in [4.78, 5) is 24.1. The summed E-state index contributed by atoms with van der Waals surface area (Å²) in [5.41, 5.74) is 1.95. The Hall–Kier alpha value is -3.90. The van der Waals surface area contributed by atoms with E-state index in [0.717, 1.165) is 61.8 Å². The number of hydrogen-bond donors (Lipinski definition) is 0. The number of carbonyl (C=O) groups is 1. The maximum atomic E-state index is 13.8. The molecule has 0 atom stereocenters. The van der Waals surface area contributed by atoms with E-state index in [2.05, 4.69) is 45.4 Å². The molecule has 1 amide bonds. The van der Waals surface area contributed by atoms with E-state index < -0.39 is 5.54 Å². The lowest BCUT2D eigenvalue weighted by atomic mass is 9.75. The Bertz CT molecular complexity index is 1410. The fourth-order valence-electron chi connectivity index (χ4n) is 5.79. The van der Waals surface area contributed by atoms with Gasteiger partial charge in [-0.3, -0.25) is 14.4 Å². The summed E-state index contributed by atoms with van der Waals surface area (Å²) in [6.07, 6.45) is 8.35. The number of fused-ring (bicyclic) bond motifs is 1. The average molecular weight is 484 g/mol. The van der Waals surface area contributed by atoms with Gasteiger partial charge in [-0.15, -0.1) is 0 Å². The maximum absolute atomic E-state index is 13.8. The highest BCUT2D eigenvalue weighted by atomic mass is 16.5. The Balaban J connectivity index is 1.36. The predicted molar refractivity (Wildman–Crippen MR) is 137 cm³/mol. The van der Waals surface area contributed by atoms with Crippen LogP contribution >= 0.6 is 0 Å². The van der Waals surface area contributed by atoms with E-state index in [1.165, 1.54) is 13.3 Å². The number of pyridine rings is 1. The van der Waals surface area contributed by atoms with Crippen LogP contribution in [0.15, 0.2) is 49.1 Å². The second-order valence-electron chi connectivity index (χ2n) is 10.0. The largest absolute Gasteiger partial charge is 0.494 e. The Morgan fingerprint density at radius 2 is 1.97 bits per heavy atom. The first-order chi connectivity index (χ1) is 17.4. The molecule has 3 fully saturated rings. The van der Waals surface area contributed by atoms with Crippen LogP contribution in [0.5, 0.6) is 5.75 Å². The van der Waals surface area contributed by atoms with Gasteiger partial charge in [0.05, 0.1) is 30.6 Å². The standard InChI is InChI=1S/C27H29N7O2/c1-18-33(22-14-25(36-3)24(15-28)29-16-22)26(35)27(9-4-10-27)34(18)21-5-6-23-19(13-21)17-32(30-23)20-7-11-31(2)12-8-20/h5-6,13-14,16-17,20H,1,4,7-12H2,2-3H3. The lowest BCUT2D eigenvalue weighted by molar-refractivity contribution is -0.123. The molecule has 2 aromatic heterocycles. The van der Waals surface area contributed by atoms with Gasteiger partial charge in [0.25, 0.3) is 5.91 Å². The van der Waals surface area contributed by atoms with Crippen LogP contribution in [0.1, 0.15) is 43.8 Å². The molecule has 1 saturated carbocycles. The van der Waals surface area contributed by atoms with Crippen LogP contribution in [0, 0.1) is 11.3 Å². The molecule has 3 aliphatic rings. The molecule has 9 nitrogen and oxygen atoms in total. The fourth-order valence-corrected chi connectivity index (χ4v) is 5.79. The van der Waals surface area contributed by atoms with E-state index in [4.69, 9.17) is 9.84 Å². The topological polar surface area (TPSA) is 90.5 Å². The third-order valence-electron chi connectivity index (χ3n) is 7.97. The SMILES string of the molecule is C=C1N(c2cnc(C#N)c(OC)c2)C(=O)C2(CCC2)N1c1ccc2nn(C3CCN(C)CC3)cc2c1. The quantitative estimate of drug-likeness (QED) is 0.557. The van der Waals surface area contributed by atoms with Crippen molar-refractivity contribution in [3.63, 3.8) is 0 Å². The minimum Gasteiger partial charge on any atom is -0.494 e. The zero-order valence-corrected chi connectivity index (χ0v) is 20.6. The summed E-state index contributed by atoms with van der Waals surface area (Å²) in [6, 6.07) is 10.3. The molecule has 9 heteroatoms. The number of anilines is 2. The number of likely N-dealkylation sites (tertiary alicyclic amines) is 1. The van der Waals surface area contributed by atoms with E-state index in [1.54, 1.807) is 11.0 Å².